The lowest BCUT2D eigenvalue weighted by Crippen LogP contribution is -2.62. The van der Waals surface area contributed by atoms with Crippen LogP contribution >= 0.6 is 0 Å². The molecule has 1 saturated heterocycles. The number of hydrogen-bond acceptors (Lipinski definition) is 4. The highest BCUT2D eigenvalue weighted by molar-refractivity contribution is 5.35. The average molecular weight is 276 g/mol. The zero-order chi connectivity index (χ0) is 14.2. The summed E-state index contributed by atoms with van der Waals surface area (Å²) in [5, 5.41) is 14.4. The molecule has 0 radical (unpaired) electrons. The quantitative estimate of drug-likeness (QED) is 0.855. The fourth-order valence-electron chi connectivity index (χ4n) is 2.92. The summed E-state index contributed by atoms with van der Waals surface area (Å²) in [6, 6.07) is 5.51. The van der Waals surface area contributed by atoms with E-state index in [0.29, 0.717) is 25.3 Å². The average Bonchev–Trinajstić information content (AvgIpc) is 2.72. The van der Waals surface area contributed by atoms with Gasteiger partial charge >= 0.3 is 5.69 Å². The highest BCUT2D eigenvalue weighted by Gasteiger charge is 2.39. The van der Waals surface area contributed by atoms with E-state index in [1.807, 2.05) is 18.2 Å². The van der Waals surface area contributed by atoms with Crippen molar-refractivity contribution in [3.63, 3.8) is 0 Å². The van der Waals surface area contributed by atoms with Gasteiger partial charge in [0.05, 0.1) is 12.1 Å². The zero-order valence-corrected chi connectivity index (χ0v) is 11.7. The molecule has 108 valence electrons. The summed E-state index contributed by atoms with van der Waals surface area (Å²) in [5.41, 5.74) is 0.0482. The Morgan fingerprint density at radius 1 is 1.35 bits per heavy atom. The highest BCUT2D eigenvalue weighted by Crippen LogP contribution is 2.25. The van der Waals surface area contributed by atoms with Gasteiger partial charge in [0.2, 0.25) is 0 Å². The van der Waals surface area contributed by atoms with Gasteiger partial charge in [0.25, 0.3) is 0 Å². The number of hydrogen-bond donors (Lipinski definition) is 1. The molecular formula is C14H20N4O2. The molecule has 3 heterocycles. The normalized spacial score (nSPS) is 18.3. The molecule has 1 N–H and O–H groups in total. The molecule has 2 aromatic rings. The summed E-state index contributed by atoms with van der Waals surface area (Å²) in [6.07, 6.45) is 3.57. The minimum Gasteiger partial charge on any atom is -0.387 e. The van der Waals surface area contributed by atoms with Crippen molar-refractivity contribution in [1.82, 2.24) is 19.1 Å². The Balaban J connectivity index is 1.62. The smallest absolute Gasteiger partial charge is 0.350 e. The highest BCUT2D eigenvalue weighted by atomic mass is 16.3. The monoisotopic (exact) mass is 276 g/mol. The first-order valence-corrected chi connectivity index (χ1v) is 7.10. The van der Waals surface area contributed by atoms with E-state index in [4.69, 9.17) is 0 Å². The Hall–Kier alpha value is -1.66. The first-order chi connectivity index (χ1) is 9.61. The number of likely N-dealkylation sites (tertiary alicyclic amines) is 1. The van der Waals surface area contributed by atoms with Crippen molar-refractivity contribution in [2.75, 3.05) is 19.6 Å². The van der Waals surface area contributed by atoms with Crippen molar-refractivity contribution in [2.45, 2.75) is 31.9 Å². The van der Waals surface area contributed by atoms with Gasteiger partial charge in [-0.05, 0) is 18.6 Å². The van der Waals surface area contributed by atoms with Gasteiger partial charge in [-0.15, -0.1) is 5.10 Å². The molecule has 0 aliphatic carbocycles. The molecule has 6 nitrogen and oxygen atoms in total. The number of nitrogens with zero attached hydrogens (tertiary/aromatic N) is 4. The first-order valence-electron chi connectivity index (χ1n) is 7.10. The fraction of sp³-hybridized carbons (Fsp3) is 0.571. The molecular weight excluding hydrogens is 256 g/mol. The molecule has 1 fully saturated rings. The van der Waals surface area contributed by atoms with Gasteiger partial charge in [-0.2, -0.15) is 0 Å². The lowest BCUT2D eigenvalue weighted by Gasteiger charge is -2.46. The predicted octanol–water partition coefficient (Wildman–Crippen LogP) is 0.343. The topological polar surface area (TPSA) is 62.8 Å². The molecule has 1 aliphatic heterocycles. The maximum absolute atomic E-state index is 12.1. The molecule has 0 atom stereocenters. The molecule has 3 rings (SSSR count). The molecule has 0 amide bonds. The Morgan fingerprint density at radius 2 is 2.15 bits per heavy atom. The molecule has 0 unspecified atom stereocenters. The largest absolute Gasteiger partial charge is 0.387 e. The Morgan fingerprint density at radius 3 is 2.85 bits per heavy atom. The van der Waals surface area contributed by atoms with E-state index in [-0.39, 0.29) is 5.69 Å². The predicted molar refractivity (Wildman–Crippen MR) is 75.7 cm³/mol. The van der Waals surface area contributed by atoms with E-state index < -0.39 is 5.60 Å². The number of β-amino-alcohol motifs (C(OH)–C–C–N with tert-alkyl or cyclic N) is 1. The van der Waals surface area contributed by atoms with Crippen LogP contribution in [0.2, 0.25) is 0 Å². The second-order valence-corrected chi connectivity index (χ2v) is 5.62. The van der Waals surface area contributed by atoms with Crippen molar-refractivity contribution in [1.29, 1.82) is 0 Å². The minimum absolute atomic E-state index is 0.107. The van der Waals surface area contributed by atoms with Gasteiger partial charge in [-0.3, -0.25) is 9.30 Å². The first kappa shape index (κ1) is 13.3. The molecule has 1 aliphatic rings. The second-order valence-electron chi connectivity index (χ2n) is 5.62. The van der Waals surface area contributed by atoms with Crippen molar-refractivity contribution >= 4 is 5.65 Å². The van der Waals surface area contributed by atoms with Crippen LogP contribution in [0.25, 0.3) is 5.65 Å². The zero-order valence-electron chi connectivity index (χ0n) is 11.7. The number of pyridine rings is 1. The van der Waals surface area contributed by atoms with Gasteiger partial charge in [-0.1, -0.05) is 19.4 Å². The fourth-order valence-corrected chi connectivity index (χ4v) is 2.92. The SMILES string of the molecule is CCCC1(O)CN(CCn2nc3ccccn3c2=O)C1. The van der Waals surface area contributed by atoms with Crippen LogP contribution in [0.4, 0.5) is 0 Å². The summed E-state index contributed by atoms with van der Waals surface area (Å²) in [5.74, 6) is 0. The van der Waals surface area contributed by atoms with Crippen LogP contribution in [0.15, 0.2) is 29.2 Å². The molecule has 0 aromatic carbocycles. The third kappa shape index (κ3) is 2.36. The molecule has 0 saturated carbocycles. The van der Waals surface area contributed by atoms with Crippen molar-refractivity contribution in [2.24, 2.45) is 0 Å². The van der Waals surface area contributed by atoms with Gasteiger partial charge in [0, 0.05) is 25.8 Å². The molecule has 0 bridgehead atoms. The van der Waals surface area contributed by atoms with Crippen LogP contribution in [0.3, 0.4) is 0 Å². The van der Waals surface area contributed by atoms with Crippen LogP contribution in [0.1, 0.15) is 19.8 Å². The molecule has 6 heteroatoms. The third-order valence-electron chi connectivity index (χ3n) is 3.87. The van der Waals surface area contributed by atoms with E-state index in [1.165, 1.54) is 4.68 Å². The minimum atomic E-state index is -0.515. The number of aromatic nitrogens is 3. The van der Waals surface area contributed by atoms with E-state index in [9.17, 15) is 9.90 Å². The summed E-state index contributed by atoms with van der Waals surface area (Å²) >= 11 is 0. The third-order valence-corrected chi connectivity index (χ3v) is 3.87. The number of aliphatic hydroxyl groups is 1. The van der Waals surface area contributed by atoms with Gasteiger partial charge in [-0.25, -0.2) is 9.48 Å². The molecule has 0 spiro atoms. The van der Waals surface area contributed by atoms with Crippen LogP contribution in [-0.4, -0.2) is 49.4 Å². The van der Waals surface area contributed by atoms with Gasteiger partial charge in [0.15, 0.2) is 5.65 Å². The van der Waals surface area contributed by atoms with Crippen LogP contribution < -0.4 is 5.69 Å². The summed E-state index contributed by atoms with van der Waals surface area (Å²) in [7, 11) is 0. The maximum Gasteiger partial charge on any atom is 0.350 e. The van der Waals surface area contributed by atoms with Crippen molar-refractivity contribution in [3.05, 3.63) is 34.9 Å². The van der Waals surface area contributed by atoms with E-state index >= 15 is 0 Å². The summed E-state index contributed by atoms with van der Waals surface area (Å²) < 4.78 is 3.04. The summed E-state index contributed by atoms with van der Waals surface area (Å²) in [4.78, 5) is 14.2. The molecule has 2 aromatic heterocycles. The van der Waals surface area contributed by atoms with E-state index in [2.05, 4.69) is 16.9 Å². The number of fused-ring (bicyclic) bond motifs is 1. The van der Waals surface area contributed by atoms with Crippen LogP contribution in [0, 0.1) is 0 Å². The Bertz CT molecular complexity index is 654. The van der Waals surface area contributed by atoms with E-state index in [0.717, 1.165) is 19.4 Å². The Labute approximate surface area is 117 Å². The van der Waals surface area contributed by atoms with Crippen molar-refractivity contribution in [3.8, 4) is 0 Å². The lowest BCUT2D eigenvalue weighted by atomic mass is 9.89. The van der Waals surface area contributed by atoms with E-state index in [1.54, 1.807) is 10.6 Å². The lowest BCUT2D eigenvalue weighted by molar-refractivity contribution is -0.104. The van der Waals surface area contributed by atoms with Gasteiger partial charge in [0.1, 0.15) is 0 Å². The van der Waals surface area contributed by atoms with Gasteiger partial charge < -0.3 is 5.11 Å². The Kier molecular flexibility index (Phi) is 3.35. The summed E-state index contributed by atoms with van der Waals surface area (Å²) in [6.45, 7) is 4.78. The molecule has 20 heavy (non-hydrogen) atoms. The van der Waals surface area contributed by atoms with Crippen LogP contribution in [0.5, 0.6) is 0 Å². The standard InChI is InChI=1S/C14H20N4O2/c1-2-6-14(20)10-16(11-14)8-9-18-13(19)17-7-4-3-5-12(17)15-18/h3-5,7,20H,2,6,8-11H2,1H3. The van der Waals surface area contributed by atoms with Crippen molar-refractivity contribution < 1.29 is 5.11 Å². The second kappa shape index (κ2) is 5.03. The van der Waals surface area contributed by atoms with Crippen LogP contribution in [-0.2, 0) is 6.54 Å². The maximum atomic E-state index is 12.1. The number of rotatable bonds is 5.